The number of benzene rings is 2. The average molecular weight is 375 g/mol. The Bertz CT molecular complexity index is 914. The van der Waals surface area contributed by atoms with Crippen LogP contribution in [0.4, 0.5) is 5.69 Å². The van der Waals surface area contributed by atoms with E-state index in [4.69, 9.17) is 4.74 Å². The summed E-state index contributed by atoms with van der Waals surface area (Å²) >= 11 is 0. The van der Waals surface area contributed by atoms with Crippen molar-refractivity contribution in [3.63, 3.8) is 0 Å². The molecule has 0 fully saturated rings. The van der Waals surface area contributed by atoms with Gasteiger partial charge in [-0.05, 0) is 36.8 Å². The predicted molar refractivity (Wildman–Crippen MR) is 105 cm³/mol. The van der Waals surface area contributed by atoms with Crippen LogP contribution in [0.25, 0.3) is 0 Å². The van der Waals surface area contributed by atoms with Gasteiger partial charge in [0.2, 0.25) is 5.91 Å². The van der Waals surface area contributed by atoms with Crippen molar-refractivity contribution in [1.29, 1.82) is 5.26 Å². The van der Waals surface area contributed by atoms with E-state index in [0.717, 1.165) is 11.3 Å². The second kappa shape index (κ2) is 8.87. The van der Waals surface area contributed by atoms with Crippen LogP contribution in [-0.4, -0.2) is 25.0 Å². The monoisotopic (exact) mass is 375 g/mol. The lowest BCUT2D eigenvalue weighted by Gasteiger charge is -2.18. The van der Waals surface area contributed by atoms with Gasteiger partial charge in [-0.25, -0.2) is 4.79 Å². The molecule has 1 heterocycles. The molecule has 0 spiro atoms. The van der Waals surface area contributed by atoms with Gasteiger partial charge in [0.15, 0.2) is 0 Å². The van der Waals surface area contributed by atoms with Gasteiger partial charge in [0, 0.05) is 25.0 Å². The molecule has 2 aromatic rings. The van der Waals surface area contributed by atoms with Gasteiger partial charge in [0.05, 0.1) is 29.7 Å². The van der Waals surface area contributed by atoms with E-state index in [1.807, 2.05) is 35.2 Å². The van der Waals surface area contributed by atoms with E-state index >= 15 is 0 Å². The fraction of sp³-hybridized carbons (Fsp3) is 0.227. The quantitative estimate of drug-likeness (QED) is 0.785. The Morgan fingerprint density at radius 2 is 1.89 bits per heavy atom. The zero-order valence-electron chi connectivity index (χ0n) is 15.6. The highest BCUT2D eigenvalue weighted by molar-refractivity contribution is 5.90. The van der Waals surface area contributed by atoms with Crippen molar-refractivity contribution in [2.45, 2.75) is 13.5 Å². The van der Waals surface area contributed by atoms with Crippen LogP contribution < -0.4 is 10.2 Å². The van der Waals surface area contributed by atoms with Crippen LogP contribution in [0.3, 0.4) is 0 Å². The summed E-state index contributed by atoms with van der Waals surface area (Å²) in [5, 5.41) is 12.3. The molecule has 3 rings (SSSR count). The zero-order valence-corrected chi connectivity index (χ0v) is 15.6. The van der Waals surface area contributed by atoms with Gasteiger partial charge in [-0.3, -0.25) is 4.79 Å². The van der Waals surface area contributed by atoms with E-state index in [0.29, 0.717) is 30.8 Å². The molecule has 0 saturated heterocycles. The van der Waals surface area contributed by atoms with E-state index in [1.165, 1.54) is 0 Å². The standard InChI is InChI=1S/C22H21N3O3/c1-2-28-22(27)17-8-10-19(11-9-17)25-14-18(12-23)20(15-25)21(26)24-13-16-6-4-3-5-7-16/h3-11,14,20H,2,13,15H2,1H3,(H,24,26). The number of rotatable bonds is 6. The average Bonchev–Trinajstić information content (AvgIpc) is 3.18. The van der Waals surface area contributed by atoms with E-state index in [9.17, 15) is 14.9 Å². The van der Waals surface area contributed by atoms with Crippen molar-refractivity contribution in [3.05, 3.63) is 77.5 Å². The molecule has 142 valence electrons. The number of hydrogen-bond acceptors (Lipinski definition) is 5. The first-order chi connectivity index (χ1) is 13.6. The predicted octanol–water partition coefficient (Wildman–Crippen LogP) is 3.02. The molecule has 1 aliphatic heterocycles. The summed E-state index contributed by atoms with van der Waals surface area (Å²) < 4.78 is 4.98. The molecule has 0 bridgehead atoms. The Balaban J connectivity index is 1.66. The maximum atomic E-state index is 12.6. The number of carbonyl (C=O) groups is 2. The number of nitriles is 1. The summed E-state index contributed by atoms with van der Waals surface area (Å²) in [4.78, 5) is 26.2. The van der Waals surface area contributed by atoms with Crippen LogP contribution in [0.1, 0.15) is 22.8 Å². The van der Waals surface area contributed by atoms with E-state index in [1.54, 1.807) is 37.4 Å². The van der Waals surface area contributed by atoms with Crippen LogP contribution in [0.5, 0.6) is 0 Å². The first-order valence-corrected chi connectivity index (χ1v) is 9.09. The van der Waals surface area contributed by atoms with Crippen molar-refractivity contribution in [2.75, 3.05) is 18.1 Å². The molecule has 0 aliphatic carbocycles. The summed E-state index contributed by atoms with van der Waals surface area (Å²) in [6.45, 7) is 2.87. The minimum Gasteiger partial charge on any atom is -0.462 e. The fourth-order valence-corrected chi connectivity index (χ4v) is 3.03. The largest absolute Gasteiger partial charge is 0.462 e. The van der Waals surface area contributed by atoms with Gasteiger partial charge in [0.1, 0.15) is 0 Å². The molecule has 28 heavy (non-hydrogen) atoms. The number of ether oxygens (including phenoxy) is 1. The summed E-state index contributed by atoms with van der Waals surface area (Å²) in [5.41, 5.74) is 2.69. The Kier molecular flexibility index (Phi) is 6.07. The fourth-order valence-electron chi connectivity index (χ4n) is 3.03. The van der Waals surface area contributed by atoms with E-state index in [-0.39, 0.29) is 11.9 Å². The molecule has 1 atom stereocenters. The number of amides is 1. The second-order valence-corrected chi connectivity index (χ2v) is 6.37. The minimum atomic E-state index is -0.529. The molecule has 6 nitrogen and oxygen atoms in total. The second-order valence-electron chi connectivity index (χ2n) is 6.37. The summed E-state index contributed by atoms with van der Waals surface area (Å²) in [5.74, 6) is -1.08. The lowest BCUT2D eigenvalue weighted by Crippen LogP contribution is -2.34. The maximum Gasteiger partial charge on any atom is 0.338 e. The molecular formula is C22H21N3O3. The number of anilines is 1. The van der Waals surface area contributed by atoms with Gasteiger partial charge in [-0.1, -0.05) is 30.3 Å². The normalized spacial score (nSPS) is 15.5. The Morgan fingerprint density at radius 3 is 2.54 bits per heavy atom. The first-order valence-electron chi connectivity index (χ1n) is 9.09. The summed E-state index contributed by atoms with van der Waals surface area (Å²) in [6.07, 6.45) is 1.69. The number of nitrogens with zero attached hydrogens (tertiary/aromatic N) is 2. The number of nitrogens with one attached hydrogen (secondary N) is 1. The van der Waals surface area contributed by atoms with Gasteiger partial charge in [-0.15, -0.1) is 0 Å². The SMILES string of the molecule is CCOC(=O)c1ccc(N2C=C(C#N)C(C(=O)NCc3ccccc3)C2)cc1. The third-order valence-corrected chi connectivity index (χ3v) is 4.51. The van der Waals surface area contributed by atoms with E-state index < -0.39 is 5.92 Å². The van der Waals surface area contributed by atoms with Crippen molar-refractivity contribution in [1.82, 2.24) is 5.32 Å². The van der Waals surface area contributed by atoms with Crippen molar-refractivity contribution in [2.24, 2.45) is 5.92 Å². The third kappa shape index (κ3) is 4.38. The molecule has 0 radical (unpaired) electrons. The van der Waals surface area contributed by atoms with Gasteiger partial charge in [-0.2, -0.15) is 5.26 Å². The van der Waals surface area contributed by atoms with Crippen LogP contribution in [0, 0.1) is 17.2 Å². The molecule has 1 aliphatic rings. The van der Waals surface area contributed by atoms with Crippen molar-refractivity contribution in [3.8, 4) is 6.07 Å². The molecule has 6 heteroatoms. The van der Waals surface area contributed by atoms with Crippen LogP contribution in [0.2, 0.25) is 0 Å². The zero-order chi connectivity index (χ0) is 19.9. The van der Waals surface area contributed by atoms with Crippen molar-refractivity contribution < 1.29 is 14.3 Å². The molecule has 1 amide bonds. The highest BCUT2D eigenvalue weighted by Gasteiger charge is 2.31. The molecule has 0 saturated carbocycles. The van der Waals surface area contributed by atoms with Gasteiger partial charge in [0.25, 0.3) is 0 Å². The molecule has 0 aromatic heterocycles. The summed E-state index contributed by atoms with van der Waals surface area (Å²) in [7, 11) is 0. The smallest absolute Gasteiger partial charge is 0.338 e. The number of hydrogen-bond donors (Lipinski definition) is 1. The maximum absolute atomic E-state index is 12.6. The van der Waals surface area contributed by atoms with Gasteiger partial charge < -0.3 is 15.0 Å². The van der Waals surface area contributed by atoms with Crippen LogP contribution in [-0.2, 0) is 16.1 Å². The third-order valence-electron chi connectivity index (χ3n) is 4.51. The van der Waals surface area contributed by atoms with Crippen LogP contribution in [0.15, 0.2) is 66.4 Å². The molecule has 1 N–H and O–H groups in total. The van der Waals surface area contributed by atoms with E-state index in [2.05, 4.69) is 11.4 Å². The lowest BCUT2D eigenvalue weighted by atomic mass is 10.0. The van der Waals surface area contributed by atoms with Crippen LogP contribution >= 0.6 is 0 Å². The highest BCUT2D eigenvalue weighted by atomic mass is 16.5. The first kappa shape index (κ1) is 19.2. The van der Waals surface area contributed by atoms with Crippen molar-refractivity contribution >= 4 is 17.6 Å². The lowest BCUT2D eigenvalue weighted by molar-refractivity contribution is -0.123. The Morgan fingerprint density at radius 1 is 1.18 bits per heavy atom. The summed E-state index contributed by atoms with van der Waals surface area (Å²) in [6, 6.07) is 18.7. The highest BCUT2D eigenvalue weighted by Crippen LogP contribution is 2.27. The number of esters is 1. The Labute approximate surface area is 164 Å². The Hall–Kier alpha value is -3.59. The molecule has 1 unspecified atom stereocenters. The molecule has 2 aromatic carbocycles. The minimum absolute atomic E-state index is 0.178. The molecular weight excluding hydrogens is 354 g/mol. The topological polar surface area (TPSA) is 82.4 Å². The van der Waals surface area contributed by atoms with Gasteiger partial charge >= 0.3 is 5.97 Å². The number of carbonyl (C=O) groups excluding carboxylic acids is 2.